The van der Waals surface area contributed by atoms with Gasteiger partial charge in [0.25, 0.3) is 0 Å². The van der Waals surface area contributed by atoms with Crippen LogP contribution in [0.2, 0.25) is 0 Å². The highest BCUT2D eigenvalue weighted by Gasteiger charge is 2.28. The summed E-state index contributed by atoms with van der Waals surface area (Å²) in [6.07, 6.45) is 6.53. The molecule has 0 aliphatic carbocycles. The first kappa shape index (κ1) is 22.4. The third-order valence-corrected chi connectivity index (χ3v) is 6.18. The Bertz CT molecular complexity index is 1380. The average Bonchev–Trinajstić information content (AvgIpc) is 3.30. The van der Waals surface area contributed by atoms with Crippen molar-refractivity contribution in [2.45, 2.75) is 18.8 Å². The second kappa shape index (κ2) is 9.46. The summed E-state index contributed by atoms with van der Waals surface area (Å²) in [6, 6.07) is 13.0. The smallest absolute Gasteiger partial charge is 0.245 e. The lowest BCUT2D eigenvalue weighted by molar-refractivity contribution is -0.127. The summed E-state index contributed by atoms with van der Waals surface area (Å²) in [7, 11) is 1.60. The molecule has 35 heavy (non-hydrogen) atoms. The number of methoxy groups -OCH3 is 1. The monoisotopic (exact) mass is 470 g/mol. The van der Waals surface area contributed by atoms with Crippen LogP contribution < -0.4 is 15.2 Å². The van der Waals surface area contributed by atoms with Gasteiger partial charge in [-0.15, -0.1) is 0 Å². The second-order valence-electron chi connectivity index (χ2n) is 8.33. The molecule has 0 radical (unpaired) electrons. The number of ether oxygens (including phenoxy) is 2. The molecule has 3 aromatic heterocycles. The van der Waals surface area contributed by atoms with Crippen LogP contribution in [0.5, 0.6) is 17.4 Å². The summed E-state index contributed by atoms with van der Waals surface area (Å²) >= 11 is 0. The van der Waals surface area contributed by atoms with Gasteiger partial charge in [0.15, 0.2) is 0 Å². The first-order valence-corrected chi connectivity index (χ1v) is 11.4. The van der Waals surface area contributed by atoms with Crippen molar-refractivity contribution in [2.75, 3.05) is 25.9 Å². The quantitative estimate of drug-likeness (QED) is 0.423. The number of hydrogen-bond donors (Lipinski definition) is 1. The lowest BCUT2D eigenvalue weighted by Crippen LogP contribution is -2.38. The molecule has 178 valence electrons. The number of benzene rings is 1. The van der Waals surface area contributed by atoms with Crippen molar-refractivity contribution in [3.05, 3.63) is 73.2 Å². The van der Waals surface area contributed by atoms with Crippen molar-refractivity contribution >= 4 is 17.4 Å². The topological polar surface area (TPSA) is 108 Å². The van der Waals surface area contributed by atoms with E-state index in [-0.39, 0.29) is 11.8 Å². The Labute approximate surface area is 202 Å². The van der Waals surface area contributed by atoms with Crippen LogP contribution in [0.15, 0.2) is 67.5 Å². The molecular weight excluding hydrogens is 444 g/mol. The number of fused-ring (bicyclic) bond motifs is 1. The molecule has 0 spiro atoms. The van der Waals surface area contributed by atoms with Crippen molar-refractivity contribution in [3.63, 3.8) is 0 Å². The fourth-order valence-electron chi connectivity index (χ4n) is 4.47. The number of anilines is 1. The van der Waals surface area contributed by atoms with Crippen LogP contribution >= 0.6 is 0 Å². The van der Waals surface area contributed by atoms with Gasteiger partial charge in [-0.25, -0.2) is 15.0 Å². The van der Waals surface area contributed by atoms with Crippen molar-refractivity contribution in [1.29, 1.82) is 0 Å². The molecule has 9 nitrogen and oxygen atoms in total. The van der Waals surface area contributed by atoms with Gasteiger partial charge in [0, 0.05) is 43.0 Å². The minimum Gasteiger partial charge on any atom is -0.497 e. The molecule has 1 fully saturated rings. The molecule has 1 amide bonds. The number of nitrogen functional groups attached to an aromatic ring is 1. The molecule has 4 aromatic rings. The SMILES string of the molecule is C=CC(=O)N1CCCC(c2nc(-c3ccc(Oc4cc(OC)ccn4)cc3)n3c(N)nccc23)C1. The minimum absolute atomic E-state index is 0.0549. The van der Waals surface area contributed by atoms with Gasteiger partial charge in [-0.05, 0) is 55.3 Å². The van der Waals surface area contributed by atoms with E-state index < -0.39 is 0 Å². The highest BCUT2D eigenvalue weighted by molar-refractivity contribution is 5.87. The minimum atomic E-state index is -0.0549. The molecule has 1 saturated heterocycles. The predicted molar refractivity (Wildman–Crippen MR) is 132 cm³/mol. The highest BCUT2D eigenvalue weighted by Crippen LogP contribution is 2.34. The Morgan fingerprint density at radius 2 is 1.94 bits per heavy atom. The number of carbonyl (C=O) groups excluding carboxylic acids is 1. The molecule has 4 heterocycles. The van der Waals surface area contributed by atoms with E-state index in [0.717, 1.165) is 36.2 Å². The third kappa shape index (κ3) is 4.40. The first-order chi connectivity index (χ1) is 17.1. The van der Waals surface area contributed by atoms with Crippen molar-refractivity contribution in [3.8, 4) is 28.8 Å². The summed E-state index contributed by atoms with van der Waals surface area (Å²) in [5.41, 5.74) is 8.96. The summed E-state index contributed by atoms with van der Waals surface area (Å²) in [4.78, 5) is 27.5. The summed E-state index contributed by atoms with van der Waals surface area (Å²) in [6.45, 7) is 4.95. The van der Waals surface area contributed by atoms with Gasteiger partial charge in [0.1, 0.15) is 17.3 Å². The molecular formula is C26H26N6O3. The standard InChI is InChI=1S/C26H26N6O3/c1-3-23(33)31-14-4-5-18(16-31)24-21-11-13-29-26(27)32(21)25(30-24)17-6-8-19(9-7-17)35-22-15-20(34-2)10-12-28-22/h3,6-13,15,18H,1,4-5,14,16H2,2H3,(H2,27,29). The molecule has 1 unspecified atom stereocenters. The summed E-state index contributed by atoms with van der Waals surface area (Å²) in [5.74, 6) is 2.83. The van der Waals surface area contributed by atoms with Crippen LogP contribution in [0, 0.1) is 0 Å². The van der Waals surface area contributed by atoms with Gasteiger partial charge in [-0.3, -0.25) is 9.20 Å². The maximum Gasteiger partial charge on any atom is 0.245 e. The molecule has 0 saturated carbocycles. The van der Waals surface area contributed by atoms with Crippen molar-refractivity contribution in [1.82, 2.24) is 24.3 Å². The van der Waals surface area contributed by atoms with Gasteiger partial charge in [-0.1, -0.05) is 6.58 Å². The second-order valence-corrected chi connectivity index (χ2v) is 8.33. The van der Waals surface area contributed by atoms with Crippen LogP contribution in [0.3, 0.4) is 0 Å². The molecule has 1 aliphatic heterocycles. The number of likely N-dealkylation sites (tertiary alicyclic amines) is 1. The van der Waals surface area contributed by atoms with Gasteiger partial charge >= 0.3 is 0 Å². The van der Waals surface area contributed by atoms with E-state index in [4.69, 9.17) is 20.2 Å². The number of pyridine rings is 1. The number of rotatable bonds is 6. The number of hydrogen-bond acceptors (Lipinski definition) is 7. The molecule has 5 rings (SSSR count). The number of carbonyl (C=O) groups is 1. The van der Waals surface area contributed by atoms with Crippen LogP contribution in [0.1, 0.15) is 24.5 Å². The number of nitrogens with two attached hydrogens (primary N) is 1. The first-order valence-electron chi connectivity index (χ1n) is 11.4. The number of amides is 1. The van der Waals surface area contributed by atoms with E-state index in [1.54, 1.807) is 31.6 Å². The van der Waals surface area contributed by atoms with E-state index in [1.165, 1.54) is 6.08 Å². The van der Waals surface area contributed by atoms with E-state index >= 15 is 0 Å². The molecule has 1 aliphatic rings. The van der Waals surface area contributed by atoms with Gasteiger partial charge in [0.05, 0.1) is 18.3 Å². The summed E-state index contributed by atoms with van der Waals surface area (Å²) < 4.78 is 13.0. The fraction of sp³-hybridized carbons (Fsp3) is 0.231. The summed E-state index contributed by atoms with van der Waals surface area (Å²) in [5, 5.41) is 0. The zero-order valence-electron chi connectivity index (χ0n) is 19.4. The third-order valence-electron chi connectivity index (χ3n) is 6.18. The molecule has 0 bridgehead atoms. The maximum atomic E-state index is 12.2. The van der Waals surface area contributed by atoms with Crippen LogP contribution in [-0.4, -0.2) is 50.4 Å². The molecule has 2 N–H and O–H groups in total. The van der Waals surface area contributed by atoms with Crippen LogP contribution in [0.4, 0.5) is 5.95 Å². The van der Waals surface area contributed by atoms with E-state index in [0.29, 0.717) is 35.7 Å². The number of imidazole rings is 1. The zero-order chi connectivity index (χ0) is 24.4. The van der Waals surface area contributed by atoms with Gasteiger partial charge < -0.3 is 20.1 Å². The van der Waals surface area contributed by atoms with Crippen molar-refractivity contribution in [2.24, 2.45) is 0 Å². The lowest BCUT2D eigenvalue weighted by atomic mass is 9.94. The lowest BCUT2D eigenvalue weighted by Gasteiger charge is -2.31. The van der Waals surface area contributed by atoms with Crippen LogP contribution in [-0.2, 0) is 4.79 Å². The highest BCUT2D eigenvalue weighted by atomic mass is 16.5. The molecule has 1 atom stereocenters. The van der Waals surface area contributed by atoms with E-state index in [9.17, 15) is 4.79 Å². The predicted octanol–water partition coefficient (Wildman–Crippen LogP) is 4.07. The zero-order valence-corrected chi connectivity index (χ0v) is 19.4. The Balaban J connectivity index is 1.47. The normalized spacial score (nSPS) is 15.7. The Kier molecular flexibility index (Phi) is 6.05. The number of piperidine rings is 1. The van der Waals surface area contributed by atoms with Crippen molar-refractivity contribution < 1.29 is 14.3 Å². The van der Waals surface area contributed by atoms with Gasteiger partial charge in [-0.2, -0.15) is 0 Å². The van der Waals surface area contributed by atoms with E-state index in [2.05, 4.69) is 16.5 Å². The Morgan fingerprint density at radius 3 is 2.71 bits per heavy atom. The number of aromatic nitrogens is 4. The number of nitrogens with zero attached hydrogens (tertiary/aromatic N) is 5. The fourth-order valence-corrected chi connectivity index (χ4v) is 4.47. The molecule has 1 aromatic carbocycles. The Morgan fingerprint density at radius 1 is 1.14 bits per heavy atom. The van der Waals surface area contributed by atoms with E-state index in [1.807, 2.05) is 39.6 Å². The molecule has 9 heteroatoms. The Hall–Kier alpha value is -4.40. The maximum absolute atomic E-state index is 12.2. The van der Waals surface area contributed by atoms with Gasteiger partial charge in [0.2, 0.25) is 17.7 Å². The van der Waals surface area contributed by atoms with Crippen LogP contribution in [0.25, 0.3) is 16.9 Å². The average molecular weight is 471 g/mol. The largest absolute Gasteiger partial charge is 0.497 e.